The van der Waals surface area contributed by atoms with Crippen LogP contribution < -0.4 is 5.32 Å². The Labute approximate surface area is 101 Å². The number of hydrogen-bond donors (Lipinski definition) is 2. The first-order valence-corrected chi connectivity index (χ1v) is 6.09. The van der Waals surface area contributed by atoms with Crippen LogP contribution in [-0.2, 0) is 7.05 Å². The quantitative estimate of drug-likeness (QED) is 0.804. The fraction of sp³-hybridized carbons (Fsp3) is 0.667. The Balaban J connectivity index is 1.84. The molecule has 94 valence electrons. The highest BCUT2D eigenvalue weighted by Crippen LogP contribution is 2.30. The van der Waals surface area contributed by atoms with Gasteiger partial charge in [0, 0.05) is 26.4 Å². The predicted octanol–water partition coefficient (Wildman–Crippen LogP) is 0.558. The van der Waals surface area contributed by atoms with Gasteiger partial charge in [-0.05, 0) is 30.7 Å². The lowest BCUT2D eigenvalue weighted by Crippen LogP contribution is -2.32. The van der Waals surface area contributed by atoms with E-state index in [2.05, 4.69) is 10.4 Å². The molecule has 5 nitrogen and oxygen atoms in total. The van der Waals surface area contributed by atoms with Crippen molar-refractivity contribution in [1.82, 2.24) is 15.1 Å². The molecule has 1 aromatic heterocycles. The first-order valence-electron chi connectivity index (χ1n) is 6.09. The van der Waals surface area contributed by atoms with E-state index < -0.39 is 0 Å². The summed E-state index contributed by atoms with van der Waals surface area (Å²) in [5.41, 5.74) is 0.450. The van der Waals surface area contributed by atoms with Gasteiger partial charge in [0.2, 0.25) is 0 Å². The van der Waals surface area contributed by atoms with Gasteiger partial charge in [-0.1, -0.05) is 6.42 Å². The number of nitrogens with one attached hydrogen (secondary N) is 1. The van der Waals surface area contributed by atoms with Gasteiger partial charge in [0.1, 0.15) is 5.69 Å². The van der Waals surface area contributed by atoms with E-state index in [1.54, 1.807) is 24.0 Å². The molecular weight excluding hydrogens is 218 g/mol. The van der Waals surface area contributed by atoms with Gasteiger partial charge < -0.3 is 10.4 Å². The zero-order valence-electron chi connectivity index (χ0n) is 10.1. The number of nitrogens with zero attached hydrogens (tertiary/aromatic N) is 2. The first-order chi connectivity index (χ1) is 8.20. The lowest BCUT2D eigenvalue weighted by Gasteiger charge is -2.17. The molecule has 2 atom stereocenters. The van der Waals surface area contributed by atoms with Crippen molar-refractivity contribution >= 4 is 5.91 Å². The van der Waals surface area contributed by atoms with Crippen molar-refractivity contribution in [2.45, 2.75) is 19.3 Å². The molecule has 0 radical (unpaired) electrons. The minimum Gasteiger partial charge on any atom is -0.396 e. The van der Waals surface area contributed by atoms with Crippen molar-refractivity contribution in [3.63, 3.8) is 0 Å². The van der Waals surface area contributed by atoms with Crippen LogP contribution in [0.1, 0.15) is 29.8 Å². The molecule has 0 saturated heterocycles. The van der Waals surface area contributed by atoms with Gasteiger partial charge in [0.15, 0.2) is 0 Å². The Morgan fingerprint density at radius 2 is 2.35 bits per heavy atom. The maximum absolute atomic E-state index is 11.8. The lowest BCUT2D eigenvalue weighted by atomic mass is 9.97. The molecule has 17 heavy (non-hydrogen) atoms. The molecule has 5 heteroatoms. The molecule has 0 aromatic carbocycles. The average molecular weight is 237 g/mol. The van der Waals surface area contributed by atoms with Gasteiger partial charge in [0.25, 0.3) is 5.91 Å². The van der Waals surface area contributed by atoms with Crippen LogP contribution in [0.3, 0.4) is 0 Å². The minimum absolute atomic E-state index is 0.130. The highest BCUT2D eigenvalue weighted by molar-refractivity contribution is 5.92. The molecule has 2 unspecified atom stereocenters. The average Bonchev–Trinajstić information content (AvgIpc) is 2.94. The fourth-order valence-electron chi connectivity index (χ4n) is 2.47. The molecule has 2 N–H and O–H groups in total. The Hall–Kier alpha value is -1.36. The number of amides is 1. The molecule has 1 fully saturated rings. The Kier molecular flexibility index (Phi) is 3.78. The van der Waals surface area contributed by atoms with E-state index in [4.69, 9.17) is 0 Å². The third-order valence-corrected chi connectivity index (χ3v) is 3.52. The predicted molar refractivity (Wildman–Crippen MR) is 63.5 cm³/mol. The normalized spacial score (nSPS) is 23.9. The van der Waals surface area contributed by atoms with Gasteiger partial charge in [-0.2, -0.15) is 5.10 Å². The number of hydrogen-bond acceptors (Lipinski definition) is 3. The van der Waals surface area contributed by atoms with E-state index in [0.717, 1.165) is 19.3 Å². The number of rotatable bonds is 4. The van der Waals surface area contributed by atoms with Crippen molar-refractivity contribution in [2.75, 3.05) is 13.2 Å². The number of aliphatic hydroxyl groups is 1. The number of aryl methyl sites for hydroxylation is 1. The summed E-state index contributed by atoms with van der Waals surface area (Å²) in [6.07, 6.45) is 5.06. The highest BCUT2D eigenvalue weighted by atomic mass is 16.3. The molecule has 1 saturated carbocycles. The summed E-state index contributed by atoms with van der Waals surface area (Å²) >= 11 is 0. The molecule has 1 aromatic rings. The van der Waals surface area contributed by atoms with Crippen LogP contribution in [0.2, 0.25) is 0 Å². The van der Waals surface area contributed by atoms with Gasteiger partial charge in [-0.15, -0.1) is 0 Å². The second kappa shape index (κ2) is 5.31. The van der Waals surface area contributed by atoms with E-state index in [1.807, 2.05) is 0 Å². The molecule has 0 spiro atoms. The van der Waals surface area contributed by atoms with Crippen molar-refractivity contribution in [1.29, 1.82) is 0 Å². The van der Waals surface area contributed by atoms with E-state index in [1.165, 1.54) is 0 Å². The lowest BCUT2D eigenvalue weighted by molar-refractivity contribution is 0.0932. The monoisotopic (exact) mass is 237 g/mol. The Morgan fingerprint density at radius 3 is 3.00 bits per heavy atom. The summed E-state index contributed by atoms with van der Waals surface area (Å²) in [4.78, 5) is 11.8. The second-order valence-electron chi connectivity index (χ2n) is 4.72. The van der Waals surface area contributed by atoms with Gasteiger partial charge in [0.05, 0.1) is 0 Å². The van der Waals surface area contributed by atoms with Crippen molar-refractivity contribution in [2.24, 2.45) is 18.9 Å². The zero-order valence-corrected chi connectivity index (χ0v) is 10.1. The standard InChI is InChI=1S/C12H19N3O2/c1-15-6-5-11(14-15)12(17)13-7-9-3-2-4-10(9)8-16/h5-6,9-10,16H,2-4,7-8H2,1H3,(H,13,17). The molecule has 1 heterocycles. The fourth-order valence-corrected chi connectivity index (χ4v) is 2.47. The molecule has 0 aliphatic heterocycles. The SMILES string of the molecule is Cn1ccc(C(=O)NCC2CCCC2CO)n1. The van der Waals surface area contributed by atoms with E-state index in [0.29, 0.717) is 24.1 Å². The van der Waals surface area contributed by atoms with E-state index >= 15 is 0 Å². The van der Waals surface area contributed by atoms with Crippen LogP contribution in [0.25, 0.3) is 0 Å². The largest absolute Gasteiger partial charge is 0.396 e. The highest BCUT2D eigenvalue weighted by Gasteiger charge is 2.26. The van der Waals surface area contributed by atoms with Crippen molar-refractivity contribution < 1.29 is 9.90 Å². The van der Waals surface area contributed by atoms with Crippen molar-refractivity contribution in [3.8, 4) is 0 Å². The van der Waals surface area contributed by atoms with Crippen LogP contribution in [-0.4, -0.2) is 33.9 Å². The van der Waals surface area contributed by atoms with Gasteiger partial charge in [-0.3, -0.25) is 9.48 Å². The summed E-state index contributed by atoms with van der Waals surface area (Å²) in [7, 11) is 1.79. The number of carbonyl (C=O) groups is 1. The van der Waals surface area contributed by atoms with Crippen LogP contribution in [0.15, 0.2) is 12.3 Å². The van der Waals surface area contributed by atoms with Crippen molar-refractivity contribution in [3.05, 3.63) is 18.0 Å². The molecule has 1 aliphatic rings. The molecule has 1 amide bonds. The second-order valence-corrected chi connectivity index (χ2v) is 4.72. The van der Waals surface area contributed by atoms with E-state index in [-0.39, 0.29) is 12.5 Å². The topological polar surface area (TPSA) is 67.2 Å². The van der Waals surface area contributed by atoms with E-state index in [9.17, 15) is 9.90 Å². The summed E-state index contributed by atoms with van der Waals surface area (Å²) in [6, 6.07) is 1.70. The molecule has 0 bridgehead atoms. The number of aliphatic hydroxyl groups excluding tert-OH is 1. The summed E-state index contributed by atoms with van der Waals surface area (Å²) in [5, 5.41) is 16.1. The molecule has 2 rings (SSSR count). The Bertz CT molecular complexity index is 389. The Morgan fingerprint density at radius 1 is 1.59 bits per heavy atom. The summed E-state index contributed by atoms with van der Waals surface area (Å²) < 4.78 is 1.61. The summed E-state index contributed by atoms with van der Waals surface area (Å²) in [6.45, 7) is 0.866. The van der Waals surface area contributed by atoms with Gasteiger partial charge in [-0.25, -0.2) is 0 Å². The number of aromatic nitrogens is 2. The van der Waals surface area contributed by atoms with Crippen LogP contribution in [0.4, 0.5) is 0 Å². The zero-order chi connectivity index (χ0) is 12.3. The van der Waals surface area contributed by atoms with Crippen LogP contribution >= 0.6 is 0 Å². The van der Waals surface area contributed by atoms with Crippen LogP contribution in [0.5, 0.6) is 0 Å². The maximum atomic E-state index is 11.8. The third-order valence-electron chi connectivity index (χ3n) is 3.52. The first kappa shape index (κ1) is 12.1. The maximum Gasteiger partial charge on any atom is 0.271 e. The smallest absolute Gasteiger partial charge is 0.271 e. The van der Waals surface area contributed by atoms with Crippen LogP contribution in [0, 0.1) is 11.8 Å². The molecule has 1 aliphatic carbocycles. The summed E-state index contributed by atoms with van der Waals surface area (Å²) in [5.74, 6) is 0.626. The number of carbonyl (C=O) groups excluding carboxylic acids is 1. The minimum atomic E-state index is -0.130. The van der Waals surface area contributed by atoms with Gasteiger partial charge >= 0.3 is 0 Å². The third kappa shape index (κ3) is 2.85. The molecular formula is C12H19N3O2.